The van der Waals surface area contributed by atoms with E-state index in [0.29, 0.717) is 18.4 Å². The molecule has 0 radical (unpaired) electrons. The average Bonchev–Trinajstić information content (AvgIpc) is 3.07. The first-order valence-electron chi connectivity index (χ1n) is 8.27. The molecule has 1 aliphatic heterocycles. The minimum absolute atomic E-state index is 0.148. The Labute approximate surface area is 150 Å². The third-order valence-electron chi connectivity index (χ3n) is 4.12. The Morgan fingerprint density at radius 2 is 2.16 bits per heavy atom. The van der Waals surface area contributed by atoms with Crippen LogP contribution in [0.3, 0.4) is 0 Å². The van der Waals surface area contributed by atoms with Crippen LogP contribution in [0, 0.1) is 11.7 Å². The number of hydrogen-bond acceptors (Lipinski definition) is 6. The lowest BCUT2D eigenvalue weighted by Crippen LogP contribution is -2.37. The summed E-state index contributed by atoms with van der Waals surface area (Å²) in [5.74, 6) is -2.29. The molecule has 0 spiro atoms. The van der Waals surface area contributed by atoms with Gasteiger partial charge in [0.05, 0.1) is 5.92 Å². The number of rotatable bonds is 6. The van der Waals surface area contributed by atoms with Crippen molar-refractivity contribution in [2.24, 2.45) is 5.92 Å². The molecule has 1 aromatic rings. The molecule has 0 bridgehead atoms. The van der Waals surface area contributed by atoms with Gasteiger partial charge in [0.2, 0.25) is 0 Å². The van der Waals surface area contributed by atoms with Gasteiger partial charge in [-0.25, -0.2) is 9.18 Å². The number of ether oxygens (including phenoxy) is 1. The monoisotopic (exact) mass is 367 g/mol. The number of thioether (sulfide) groups is 1. The number of carbonyl (C=O) groups is 3. The highest BCUT2D eigenvalue weighted by molar-refractivity contribution is 8.14. The van der Waals surface area contributed by atoms with Crippen LogP contribution in [0.25, 0.3) is 0 Å². The van der Waals surface area contributed by atoms with Crippen molar-refractivity contribution in [3.05, 3.63) is 35.6 Å². The normalized spacial score (nSPS) is 19.2. The Bertz CT molecular complexity index is 646. The van der Waals surface area contributed by atoms with Gasteiger partial charge in [-0.2, -0.15) is 0 Å². The highest BCUT2D eigenvalue weighted by atomic mass is 32.2. The van der Waals surface area contributed by atoms with E-state index in [4.69, 9.17) is 4.74 Å². The topological polar surface area (TPSA) is 72.5 Å². The molecule has 1 N–H and O–H groups in total. The van der Waals surface area contributed by atoms with Crippen LogP contribution >= 0.6 is 11.8 Å². The van der Waals surface area contributed by atoms with E-state index >= 15 is 0 Å². The number of hydrogen-bond donors (Lipinski definition) is 1. The quantitative estimate of drug-likeness (QED) is 0.615. The summed E-state index contributed by atoms with van der Waals surface area (Å²) in [6.45, 7) is 3.76. The molecule has 0 aromatic heterocycles. The molecule has 1 aliphatic rings. The van der Waals surface area contributed by atoms with E-state index in [-0.39, 0.29) is 10.9 Å². The molecule has 136 valence electrons. The third kappa shape index (κ3) is 5.93. The molecule has 1 fully saturated rings. The fourth-order valence-electron chi connectivity index (χ4n) is 2.73. The van der Waals surface area contributed by atoms with Crippen molar-refractivity contribution < 1.29 is 23.5 Å². The molecular formula is C18H22FNO4S. The van der Waals surface area contributed by atoms with Crippen LogP contribution in [0.15, 0.2) is 24.3 Å². The molecule has 1 saturated heterocycles. The van der Waals surface area contributed by atoms with Gasteiger partial charge in [0.15, 0.2) is 5.12 Å². The minimum Gasteiger partial charge on any atom is -0.392 e. The van der Waals surface area contributed by atoms with Crippen LogP contribution < -0.4 is 5.32 Å². The fourth-order valence-corrected chi connectivity index (χ4v) is 3.75. The summed E-state index contributed by atoms with van der Waals surface area (Å²) in [6.07, 6.45) is 1.84. The molecule has 0 saturated carbocycles. The van der Waals surface area contributed by atoms with Crippen molar-refractivity contribution >= 4 is 28.8 Å². The molecule has 1 heterocycles. The highest BCUT2D eigenvalue weighted by Crippen LogP contribution is 2.26. The van der Waals surface area contributed by atoms with Gasteiger partial charge in [-0.3, -0.25) is 9.59 Å². The molecule has 25 heavy (non-hydrogen) atoms. The summed E-state index contributed by atoms with van der Waals surface area (Å²) in [7, 11) is 0. The van der Waals surface area contributed by atoms with Crippen LogP contribution in [0.5, 0.6) is 0 Å². The first-order valence-corrected chi connectivity index (χ1v) is 9.15. The van der Waals surface area contributed by atoms with Crippen LogP contribution in [-0.2, 0) is 25.5 Å². The number of halogens is 1. The Kier molecular flexibility index (Phi) is 7.13. The molecule has 2 rings (SSSR count). The van der Waals surface area contributed by atoms with Crippen LogP contribution in [0.2, 0.25) is 0 Å². The summed E-state index contributed by atoms with van der Waals surface area (Å²) in [6, 6.07) is 5.58. The zero-order valence-corrected chi connectivity index (χ0v) is 15.1. The van der Waals surface area contributed by atoms with E-state index in [9.17, 15) is 18.8 Å². The number of nitrogens with one attached hydrogen (secondary N) is 1. The van der Waals surface area contributed by atoms with Gasteiger partial charge in [0.25, 0.3) is 0 Å². The maximum atomic E-state index is 13.4. The van der Waals surface area contributed by atoms with E-state index in [1.807, 2.05) is 0 Å². The van der Waals surface area contributed by atoms with E-state index in [1.165, 1.54) is 19.1 Å². The summed E-state index contributed by atoms with van der Waals surface area (Å²) in [5.41, 5.74) is 0.683. The van der Waals surface area contributed by atoms with Crippen molar-refractivity contribution in [1.29, 1.82) is 0 Å². The smallest absolute Gasteiger partial charge is 0.330 e. The number of carbonyl (C=O) groups excluding carboxylic acids is 3. The van der Waals surface area contributed by atoms with Gasteiger partial charge < -0.3 is 10.1 Å². The molecule has 2 unspecified atom stereocenters. The first kappa shape index (κ1) is 19.6. The van der Waals surface area contributed by atoms with Gasteiger partial charge in [0, 0.05) is 12.2 Å². The van der Waals surface area contributed by atoms with Gasteiger partial charge in [-0.1, -0.05) is 30.8 Å². The maximum Gasteiger partial charge on any atom is 0.330 e. The van der Waals surface area contributed by atoms with E-state index in [0.717, 1.165) is 24.7 Å². The molecular weight excluding hydrogens is 345 g/mol. The van der Waals surface area contributed by atoms with Crippen molar-refractivity contribution in [2.45, 2.75) is 44.4 Å². The molecule has 3 atom stereocenters. The van der Waals surface area contributed by atoms with Crippen LogP contribution in [-0.4, -0.2) is 34.9 Å². The molecule has 0 amide bonds. The maximum absolute atomic E-state index is 13.4. The largest absolute Gasteiger partial charge is 0.392 e. The lowest BCUT2D eigenvalue weighted by atomic mass is 10.0. The standard InChI is InChI=1S/C18H22FNO4S/c1-11(17(22)24-18(23)15-7-4-8-20-15)16(25-12(2)21)10-13-5-3-6-14(19)9-13/h3,5-6,9,11,15-16,20H,4,7-8,10H2,1-2H3/t11?,15-,16?/m0/s1. The summed E-state index contributed by atoms with van der Waals surface area (Å²) in [5, 5.41) is 2.40. The van der Waals surface area contributed by atoms with Crippen molar-refractivity contribution in [1.82, 2.24) is 5.32 Å². The summed E-state index contributed by atoms with van der Waals surface area (Å²) < 4.78 is 18.3. The lowest BCUT2D eigenvalue weighted by Gasteiger charge is -2.21. The zero-order chi connectivity index (χ0) is 18.4. The second-order valence-corrected chi connectivity index (χ2v) is 7.58. The second-order valence-electron chi connectivity index (χ2n) is 6.16. The van der Waals surface area contributed by atoms with E-state index in [1.54, 1.807) is 19.1 Å². The second kappa shape index (κ2) is 9.10. The van der Waals surface area contributed by atoms with Crippen LogP contribution in [0.4, 0.5) is 4.39 Å². The molecule has 1 aromatic carbocycles. The van der Waals surface area contributed by atoms with Crippen molar-refractivity contribution in [3.63, 3.8) is 0 Å². The van der Waals surface area contributed by atoms with Crippen molar-refractivity contribution in [3.8, 4) is 0 Å². The summed E-state index contributed by atoms with van der Waals surface area (Å²) in [4.78, 5) is 35.8. The van der Waals surface area contributed by atoms with Gasteiger partial charge in [-0.15, -0.1) is 0 Å². The van der Waals surface area contributed by atoms with Gasteiger partial charge >= 0.3 is 11.9 Å². The predicted molar refractivity (Wildman–Crippen MR) is 93.5 cm³/mol. The molecule has 7 heteroatoms. The van der Waals surface area contributed by atoms with Crippen molar-refractivity contribution in [2.75, 3.05) is 6.54 Å². The molecule has 5 nitrogen and oxygen atoms in total. The Balaban J connectivity index is 2.03. The summed E-state index contributed by atoms with van der Waals surface area (Å²) >= 11 is 1.01. The SMILES string of the molecule is CC(=O)SC(Cc1cccc(F)c1)C(C)C(=O)OC(=O)[C@@H]1CCCN1. The van der Waals surface area contributed by atoms with Crippen LogP contribution in [0.1, 0.15) is 32.3 Å². The Morgan fingerprint density at radius 1 is 1.40 bits per heavy atom. The number of esters is 2. The Morgan fingerprint density at radius 3 is 2.76 bits per heavy atom. The fraction of sp³-hybridized carbons (Fsp3) is 0.500. The highest BCUT2D eigenvalue weighted by Gasteiger charge is 2.32. The average molecular weight is 367 g/mol. The first-order chi connectivity index (χ1) is 11.9. The third-order valence-corrected chi connectivity index (χ3v) is 5.33. The zero-order valence-electron chi connectivity index (χ0n) is 14.3. The lowest BCUT2D eigenvalue weighted by molar-refractivity contribution is -0.163. The van der Waals surface area contributed by atoms with Gasteiger partial charge in [0.1, 0.15) is 11.9 Å². The Hall–Kier alpha value is -1.73. The molecule has 0 aliphatic carbocycles. The predicted octanol–water partition coefficient (Wildman–Crippen LogP) is 2.47. The van der Waals surface area contributed by atoms with Gasteiger partial charge in [-0.05, 0) is 43.5 Å². The van der Waals surface area contributed by atoms with E-state index < -0.39 is 29.1 Å². The van der Waals surface area contributed by atoms with E-state index in [2.05, 4.69) is 5.32 Å². The number of benzene rings is 1. The minimum atomic E-state index is -0.678.